The van der Waals surface area contributed by atoms with Crippen LogP contribution in [-0.2, 0) is 11.3 Å². The average molecular weight is 282 g/mol. The van der Waals surface area contributed by atoms with Gasteiger partial charge in [0.2, 0.25) is 0 Å². The number of hydrogen-bond donors (Lipinski definition) is 3. The first-order chi connectivity index (χ1) is 9.56. The molecule has 0 aliphatic carbocycles. The van der Waals surface area contributed by atoms with Gasteiger partial charge in [-0.3, -0.25) is 4.79 Å². The SMILES string of the molecule is COc1ccc(CNC(=O)NCCC(=O)O)cc1OC. The van der Waals surface area contributed by atoms with Gasteiger partial charge in [0, 0.05) is 13.1 Å². The number of carbonyl (C=O) groups excluding carboxylic acids is 1. The number of carboxylic acids is 1. The van der Waals surface area contributed by atoms with Crippen LogP contribution in [0.3, 0.4) is 0 Å². The van der Waals surface area contributed by atoms with Gasteiger partial charge in [-0.2, -0.15) is 0 Å². The number of amides is 2. The highest BCUT2D eigenvalue weighted by atomic mass is 16.5. The van der Waals surface area contributed by atoms with Crippen molar-refractivity contribution in [1.29, 1.82) is 0 Å². The second-order valence-corrected chi connectivity index (χ2v) is 3.94. The Bertz CT molecular complexity index is 476. The maximum absolute atomic E-state index is 11.4. The number of rotatable bonds is 7. The fourth-order valence-corrected chi connectivity index (χ4v) is 1.52. The van der Waals surface area contributed by atoms with E-state index < -0.39 is 12.0 Å². The molecule has 0 radical (unpaired) electrons. The molecule has 1 aromatic carbocycles. The molecule has 0 fully saturated rings. The molecule has 0 spiro atoms. The monoisotopic (exact) mass is 282 g/mol. The summed E-state index contributed by atoms with van der Waals surface area (Å²) in [5.74, 6) is 0.241. The quantitative estimate of drug-likeness (QED) is 0.692. The third-order valence-corrected chi connectivity index (χ3v) is 2.53. The molecular formula is C13H18N2O5. The lowest BCUT2D eigenvalue weighted by molar-refractivity contribution is -0.136. The summed E-state index contributed by atoms with van der Waals surface area (Å²) in [7, 11) is 3.08. The Morgan fingerprint density at radius 1 is 1.15 bits per heavy atom. The molecule has 2 amide bonds. The predicted octanol–water partition coefficient (Wildman–Crippen LogP) is 0.978. The third kappa shape index (κ3) is 5.05. The minimum atomic E-state index is -0.954. The molecule has 0 saturated carbocycles. The van der Waals surface area contributed by atoms with Crippen LogP contribution in [0.1, 0.15) is 12.0 Å². The summed E-state index contributed by atoms with van der Waals surface area (Å²) in [5, 5.41) is 13.5. The summed E-state index contributed by atoms with van der Waals surface area (Å²) in [5.41, 5.74) is 0.844. The average Bonchev–Trinajstić information content (AvgIpc) is 2.44. The lowest BCUT2D eigenvalue weighted by Crippen LogP contribution is -2.36. The number of urea groups is 1. The van der Waals surface area contributed by atoms with Crippen molar-refractivity contribution in [2.24, 2.45) is 0 Å². The zero-order valence-electron chi connectivity index (χ0n) is 11.4. The van der Waals surface area contributed by atoms with Crippen molar-refractivity contribution < 1.29 is 24.2 Å². The molecule has 0 unspecified atom stereocenters. The molecule has 1 rings (SSSR count). The maximum Gasteiger partial charge on any atom is 0.315 e. The summed E-state index contributed by atoms with van der Waals surface area (Å²) < 4.78 is 10.3. The van der Waals surface area contributed by atoms with E-state index in [1.807, 2.05) is 0 Å². The lowest BCUT2D eigenvalue weighted by Gasteiger charge is -2.10. The molecule has 0 saturated heterocycles. The Balaban J connectivity index is 2.45. The second-order valence-electron chi connectivity index (χ2n) is 3.94. The second kappa shape index (κ2) is 7.88. The molecule has 0 aliphatic heterocycles. The molecule has 0 aliphatic rings. The van der Waals surface area contributed by atoms with Crippen LogP contribution in [0.4, 0.5) is 4.79 Å². The molecular weight excluding hydrogens is 264 g/mol. The van der Waals surface area contributed by atoms with Gasteiger partial charge in [0.1, 0.15) is 0 Å². The molecule has 7 heteroatoms. The highest BCUT2D eigenvalue weighted by Crippen LogP contribution is 2.27. The molecule has 20 heavy (non-hydrogen) atoms. The van der Waals surface area contributed by atoms with Crippen LogP contribution in [0, 0.1) is 0 Å². The zero-order chi connectivity index (χ0) is 15.0. The first-order valence-corrected chi connectivity index (χ1v) is 6.01. The van der Waals surface area contributed by atoms with Crippen molar-refractivity contribution in [3.05, 3.63) is 23.8 Å². The molecule has 110 valence electrons. The summed E-state index contributed by atoms with van der Waals surface area (Å²) in [6, 6.07) is 4.90. The van der Waals surface area contributed by atoms with Gasteiger partial charge >= 0.3 is 12.0 Å². The van der Waals surface area contributed by atoms with Crippen molar-refractivity contribution in [1.82, 2.24) is 10.6 Å². The van der Waals surface area contributed by atoms with E-state index in [0.717, 1.165) is 5.56 Å². The van der Waals surface area contributed by atoms with Crippen molar-refractivity contribution in [2.75, 3.05) is 20.8 Å². The van der Waals surface area contributed by atoms with Crippen molar-refractivity contribution in [2.45, 2.75) is 13.0 Å². The van der Waals surface area contributed by atoms with Crippen molar-refractivity contribution in [3.63, 3.8) is 0 Å². The van der Waals surface area contributed by atoms with E-state index in [1.54, 1.807) is 25.3 Å². The molecule has 0 aromatic heterocycles. The fourth-order valence-electron chi connectivity index (χ4n) is 1.52. The van der Waals surface area contributed by atoms with Crippen LogP contribution < -0.4 is 20.1 Å². The molecule has 0 bridgehead atoms. The summed E-state index contributed by atoms with van der Waals surface area (Å²) >= 11 is 0. The minimum Gasteiger partial charge on any atom is -0.493 e. The van der Waals surface area contributed by atoms with E-state index >= 15 is 0 Å². The van der Waals surface area contributed by atoms with Crippen LogP contribution in [-0.4, -0.2) is 37.9 Å². The third-order valence-electron chi connectivity index (χ3n) is 2.53. The number of benzene rings is 1. The number of ether oxygens (including phenoxy) is 2. The first-order valence-electron chi connectivity index (χ1n) is 6.01. The summed E-state index contributed by atoms with van der Waals surface area (Å²) in [6.07, 6.45) is -0.107. The Morgan fingerprint density at radius 3 is 2.45 bits per heavy atom. The highest BCUT2D eigenvalue weighted by molar-refractivity contribution is 5.75. The number of methoxy groups -OCH3 is 2. The van der Waals surface area contributed by atoms with Gasteiger partial charge in [-0.1, -0.05) is 6.07 Å². The number of nitrogens with one attached hydrogen (secondary N) is 2. The van der Waals surface area contributed by atoms with E-state index in [9.17, 15) is 9.59 Å². The van der Waals surface area contributed by atoms with E-state index in [2.05, 4.69) is 10.6 Å². The van der Waals surface area contributed by atoms with Gasteiger partial charge in [-0.15, -0.1) is 0 Å². The Hall–Kier alpha value is -2.44. The van der Waals surface area contributed by atoms with Gasteiger partial charge in [0.25, 0.3) is 0 Å². The van der Waals surface area contributed by atoms with E-state index in [-0.39, 0.29) is 13.0 Å². The van der Waals surface area contributed by atoms with Gasteiger partial charge in [0.05, 0.1) is 20.6 Å². The predicted molar refractivity (Wildman–Crippen MR) is 72.0 cm³/mol. The van der Waals surface area contributed by atoms with Gasteiger partial charge in [-0.25, -0.2) is 4.79 Å². The fraction of sp³-hybridized carbons (Fsp3) is 0.385. The molecule has 0 atom stereocenters. The lowest BCUT2D eigenvalue weighted by atomic mass is 10.2. The Kier molecular flexibility index (Phi) is 6.15. The number of aliphatic carboxylic acids is 1. The Labute approximate surface area is 116 Å². The number of hydrogen-bond acceptors (Lipinski definition) is 4. The molecule has 7 nitrogen and oxygen atoms in total. The summed E-state index contributed by atoms with van der Waals surface area (Å²) in [4.78, 5) is 21.7. The normalized spacial score (nSPS) is 9.70. The van der Waals surface area contributed by atoms with E-state index in [4.69, 9.17) is 14.6 Å². The van der Waals surface area contributed by atoms with E-state index in [0.29, 0.717) is 18.0 Å². The zero-order valence-corrected chi connectivity index (χ0v) is 11.4. The molecule has 3 N–H and O–H groups in total. The summed E-state index contributed by atoms with van der Waals surface area (Å²) in [6.45, 7) is 0.395. The van der Waals surface area contributed by atoms with Crippen molar-refractivity contribution in [3.8, 4) is 11.5 Å². The van der Waals surface area contributed by atoms with Crippen molar-refractivity contribution >= 4 is 12.0 Å². The van der Waals surface area contributed by atoms with Crippen LogP contribution in [0.2, 0.25) is 0 Å². The van der Waals surface area contributed by atoms with Crippen LogP contribution in [0.15, 0.2) is 18.2 Å². The molecule has 1 aromatic rings. The number of carboxylic acid groups (broad SMARTS) is 1. The van der Waals surface area contributed by atoms with Gasteiger partial charge in [-0.05, 0) is 17.7 Å². The highest BCUT2D eigenvalue weighted by Gasteiger charge is 2.06. The minimum absolute atomic E-state index is 0.0904. The van der Waals surface area contributed by atoms with Crippen LogP contribution in [0.25, 0.3) is 0 Å². The van der Waals surface area contributed by atoms with Crippen LogP contribution >= 0.6 is 0 Å². The first kappa shape index (κ1) is 15.6. The topological polar surface area (TPSA) is 96.9 Å². The number of carbonyl (C=O) groups is 2. The van der Waals surface area contributed by atoms with Gasteiger partial charge < -0.3 is 25.2 Å². The smallest absolute Gasteiger partial charge is 0.315 e. The van der Waals surface area contributed by atoms with E-state index in [1.165, 1.54) is 7.11 Å². The van der Waals surface area contributed by atoms with Gasteiger partial charge in [0.15, 0.2) is 11.5 Å². The standard InChI is InChI=1S/C13H18N2O5/c1-19-10-4-3-9(7-11(10)20-2)8-15-13(18)14-6-5-12(16)17/h3-4,7H,5-6,8H2,1-2H3,(H,16,17)(H2,14,15,18). The largest absolute Gasteiger partial charge is 0.493 e. The van der Waals surface area contributed by atoms with Crippen LogP contribution in [0.5, 0.6) is 11.5 Å². The Morgan fingerprint density at radius 2 is 1.85 bits per heavy atom. The molecule has 0 heterocycles. The maximum atomic E-state index is 11.4.